The van der Waals surface area contributed by atoms with Gasteiger partial charge < -0.3 is 10.6 Å². The van der Waals surface area contributed by atoms with E-state index in [4.69, 9.17) is 0 Å². The van der Waals surface area contributed by atoms with Crippen molar-refractivity contribution >= 4 is 17.6 Å². The van der Waals surface area contributed by atoms with Crippen LogP contribution in [0.1, 0.15) is 39.9 Å². The summed E-state index contributed by atoms with van der Waals surface area (Å²) in [6, 6.07) is 9.46. The van der Waals surface area contributed by atoms with E-state index in [0.717, 1.165) is 18.4 Å². The number of nitrogens with zero attached hydrogens (tertiary/aromatic N) is 1. The number of pyridine rings is 1. The summed E-state index contributed by atoms with van der Waals surface area (Å²) in [4.78, 5) is 28.2. The molecule has 1 aliphatic carbocycles. The third-order valence-corrected chi connectivity index (χ3v) is 3.96. The first-order valence-corrected chi connectivity index (χ1v) is 8.13. The second kappa shape index (κ2) is 6.83. The van der Waals surface area contributed by atoms with Crippen molar-refractivity contribution in [1.29, 1.82) is 0 Å². The predicted octanol–water partition coefficient (Wildman–Crippen LogP) is 2.98. The van der Waals surface area contributed by atoms with E-state index in [9.17, 15) is 9.59 Å². The van der Waals surface area contributed by atoms with Gasteiger partial charge in [-0.25, -0.2) is 4.98 Å². The SMILES string of the molecule is Cc1cc(C)cc(CNC(=O)c2ccnc(NC(=O)C3CC3)c2)c1. The quantitative estimate of drug-likeness (QED) is 0.888. The molecule has 1 saturated carbocycles. The monoisotopic (exact) mass is 323 g/mol. The Hall–Kier alpha value is -2.69. The van der Waals surface area contributed by atoms with Crippen LogP contribution >= 0.6 is 0 Å². The number of carbonyl (C=O) groups is 2. The topological polar surface area (TPSA) is 71.1 Å². The van der Waals surface area contributed by atoms with Crippen LogP contribution in [0.15, 0.2) is 36.5 Å². The Labute approximate surface area is 141 Å². The van der Waals surface area contributed by atoms with E-state index in [-0.39, 0.29) is 17.7 Å². The molecule has 0 spiro atoms. The molecule has 0 radical (unpaired) electrons. The van der Waals surface area contributed by atoms with Crippen LogP contribution in [0, 0.1) is 19.8 Å². The van der Waals surface area contributed by atoms with Gasteiger partial charge in [0.25, 0.3) is 5.91 Å². The molecular weight excluding hydrogens is 302 g/mol. The van der Waals surface area contributed by atoms with E-state index in [0.29, 0.717) is 17.9 Å². The lowest BCUT2D eigenvalue weighted by Gasteiger charge is -2.09. The highest BCUT2D eigenvalue weighted by Crippen LogP contribution is 2.29. The van der Waals surface area contributed by atoms with Gasteiger partial charge in [0.1, 0.15) is 5.82 Å². The standard InChI is InChI=1S/C19H21N3O2/c1-12-7-13(2)9-14(8-12)11-21-18(23)16-5-6-20-17(10-16)22-19(24)15-3-4-15/h5-10,15H,3-4,11H2,1-2H3,(H,21,23)(H,20,22,24). The number of carbonyl (C=O) groups excluding carboxylic acids is 2. The zero-order chi connectivity index (χ0) is 17.1. The van der Waals surface area contributed by atoms with Crippen LogP contribution in [0.3, 0.4) is 0 Å². The summed E-state index contributed by atoms with van der Waals surface area (Å²) in [6.07, 6.45) is 3.40. The van der Waals surface area contributed by atoms with Crippen molar-refractivity contribution < 1.29 is 9.59 Å². The molecule has 124 valence electrons. The molecule has 2 aromatic rings. The molecule has 1 aliphatic rings. The zero-order valence-corrected chi connectivity index (χ0v) is 13.9. The van der Waals surface area contributed by atoms with Gasteiger partial charge in [0.05, 0.1) is 0 Å². The number of hydrogen-bond acceptors (Lipinski definition) is 3. The molecule has 0 unspecified atom stereocenters. The minimum Gasteiger partial charge on any atom is -0.348 e. The number of benzene rings is 1. The summed E-state index contributed by atoms with van der Waals surface area (Å²) in [5, 5.41) is 5.66. The van der Waals surface area contributed by atoms with Gasteiger partial charge in [-0.2, -0.15) is 0 Å². The van der Waals surface area contributed by atoms with Crippen LogP contribution < -0.4 is 10.6 Å². The Bertz CT molecular complexity index is 762. The van der Waals surface area contributed by atoms with E-state index in [1.54, 1.807) is 12.1 Å². The Morgan fingerprint density at radius 3 is 2.50 bits per heavy atom. The smallest absolute Gasteiger partial charge is 0.251 e. The summed E-state index contributed by atoms with van der Waals surface area (Å²) >= 11 is 0. The minimum atomic E-state index is -0.182. The molecule has 5 heteroatoms. The Kier molecular flexibility index (Phi) is 4.60. The minimum absolute atomic E-state index is 0.0182. The van der Waals surface area contributed by atoms with Crippen molar-refractivity contribution in [3.05, 3.63) is 58.8 Å². The highest BCUT2D eigenvalue weighted by atomic mass is 16.2. The van der Waals surface area contributed by atoms with Crippen molar-refractivity contribution in [1.82, 2.24) is 10.3 Å². The molecule has 5 nitrogen and oxygen atoms in total. The molecule has 0 bridgehead atoms. The molecule has 1 aromatic carbocycles. The van der Waals surface area contributed by atoms with Crippen LogP contribution in [0.25, 0.3) is 0 Å². The first-order chi connectivity index (χ1) is 11.5. The van der Waals surface area contributed by atoms with Gasteiger partial charge in [0, 0.05) is 24.2 Å². The highest BCUT2D eigenvalue weighted by Gasteiger charge is 2.29. The van der Waals surface area contributed by atoms with E-state index in [1.807, 2.05) is 13.8 Å². The van der Waals surface area contributed by atoms with Gasteiger partial charge in [0.15, 0.2) is 0 Å². The van der Waals surface area contributed by atoms with Crippen LogP contribution in [-0.4, -0.2) is 16.8 Å². The van der Waals surface area contributed by atoms with Gasteiger partial charge >= 0.3 is 0 Å². The molecule has 2 amide bonds. The molecule has 1 fully saturated rings. The third kappa shape index (κ3) is 4.19. The van der Waals surface area contributed by atoms with E-state index < -0.39 is 0 Å². The maximum atomic E-state index is 12.3. The van der Waals surface area contributed by atoms with Crippen molar-refractivity contribution in [2.75, 3.05) is 5.32 Å². The van der Waals surface area contributed by atoms with Gasteiger partial charge in [-0.3, -0.25) is 9.59 Å². The fourth-order valence-corrected chi connectivity index (χ4v) is 2.67. The number of amides is 2. The number of nitrogens with one attached hydrogen (secondary N) is 2. The van der Waals surface area contributed by atoms with Crippen LogP contribution in [0.4, 0.5) is 5.82 Å². The molecule has 1 heterocycles. The second-order valence-electron chi connectivity index (χ2n) is 6.37. The zero-order valence-electron chi connectivity index (χ0n) is 13.9. The van der Waals surface area contributed by atoms with Gasteiger partial charge in [-0.15, -0.1) is 0 Å². The van der Waals surface area contributed by atoms with Gasteiger partial charge in [0.2, 0.25) is 5.91 Å². The fraction of sp³-hybridized carbons (Fsp3) is 0.316. The molecule has 3 rings (SSSR count). The Morgan fingerprint density at radius 2 is 1.83 bits per heavy atom. The molecule has 24 heavy (non-hydrogen) atoms. The highest BCUT2D eigenvalue weighted by molar-refractivity contribution is 5.97. The van der Waals surface area contributed by atoms with E-state index in [2.05, 4.69) is 33.8 Å². The number of aryl methyl sites for hydroxylation is 2. The number of anilines is 1. The maximum Gasteiger partial charge on any atom is 0.251 e. The second-order valence-corrected chi connectivity index (χ2v) is 6.37. The number of hydrogen-bond donors (Lipinski definition) is 2. The Balaban J connectivity index is 1.62. The average molecular weight is 323 g/mol. The summed E-state index contributed by atoms with van der Waals surface area (Å²) in [6.45, 7) is 4.54. The first-order valence-electron chi connectivity index (χ1n) is 8.13. The van der Waals surface area contributed by atoms with Crippen LogP contribution in [-0.2, 0) is 11.3 Å². The molecule has 0 atom stereocenters. The van der Waals surface area contributed by atoms with E-state index >= 15 is 0 Å². The van der Waals surface area contributed by atoms with Gasteiger partial charge in [-0.1, -0.05) is 29.3 Å². The largest absolute Gasteiger partial charge is 0.348 e. The number of aromatic nitrogens is 1. The molecular formula is C19H21N3O2. The summed E-state index contributed by atoms with van der Waals surface area (Å²) in [5.41, 5.74) is 3.90. The van der Waals surface area contributed by atoms with Crippen LogP contribution in [0.2, 0.25) is 0 Å². The van der Waals surface area contributed by atoms with Crippen molar-refractivity contribution in [2.45, 2.75) is 33.2 Å². The summed E-state index contributed by atoms with van der Waals surface area (Å²) in [7, 11) is 0. The molecule has 2 N–H and O–H groups in total. The Morgan fingerprint density at radius 1 is 1.12 bits per heavy atom. The first kappa shape index (κ1) is 16.2. The number of rotatable bonds is 5. The summed E-state index contributed by atoms with van der Waals surface area (Å²) in [5.74, 6) is 0.327. The lowest BCUT2D eigenvalue weighted by atomic mass is 10.1. The fourth-order valence-electron chi connectivity index (χ4n) is 2.67. The summed E-state index contributed by atoms with van der Waals surface area (Å²) < 4.78 is 0. The lowest BCUT2D eigenvalue weighted by Crippen LogP contribution is -2.23. The van der Waals surface area contributed by atoms with E-state index in [1.165, 1.54) is 17.3 Å². The molecule has 0 saturated heterocycles. The molecule has 1 aromatic heterocycles. The lowest BCUT2D eigenvalue weighted by molar-refractivity contribution is -0.117. The maximum absolute atomic E-state index is 12.3. The van der Waals surface area contributed by atoms with Crippen molar-refractivity contribution in [3.8, 4) is 0 Å². The third-order valence-electron chi connectivity index (χ3n) is 3.96. The normalized spacial score (nSPS) is 13.4. The van der Waals surface area contributed by atoms with Crippen molar-refractivity contribution in [3.63, 3.8) is 0 Å². The van der Waals surface area contributed by atoms with Crippen LogP contribution in [0.5, 0.6) is 0 Å². The molecule has 0 aliphatic heterocycles. The average Bonchev–Trinajstić information content (AvgIpc) is 3.37. The van der Waals surface area contributed by atoms with Crippen molar-refractivity contribution in [2.24, 2.45) is 5.92 Å². The van der Waals surface area contributed by atoms with Gasteiger partial charge in [-0.05, 0) is 44.4 Å². The predicted molar refractivity (Wildman–Crippen MR) is 92.7 cm³/mol.